The van der Waals surface area contributed by atoms with E-state index in [1.807, 2.05) is 6.07 Å². The summed E-state index contributed by atoms with van der Waals surface area (Å²) in [5.74, 6) is -0.171. The molecule has 0 amide bonds. The van der Waals surface area contributed by atoms with Gasteiger partial charge < -0.3 is 5.32 Å². The molecule has 2 aromatic rings. The van der Waals surface area contributed by atoms with Crippen molar-refractivity contribution in [2.75, 3.05) is 6.54 Å². The number of benzene rings is 1. The number of hydrogen-bond acceptors (Lipinski definition) is 4. The molecule has 0 aliphatic carbocycles. The molecule has 114 valence electrons. The SMILES string of the molecule is CCCc1nnsc1C(Cc1cc(Br)ccc1F)NCC. The van der Waals surface area contributed by atoms with Gasteiger partial charge in [-0.15, -0.1) is 5.10 Å². The maximum absolute atomic E-state index is 14.0. The van der Waals surface area contributed by atoms with Crippen LogP contribution in [0, 0.1) is 5.82 Å². The van der Waals surface area contributed by atoms with Crippen LogP contribution >= 0.6 is 27.5 Å². The zero-order valence-corrected chi connectivity index (χ0v) is 14.6. The Kier molecular flexibility index (Phi) is 6.26. The maximum Gasteiger partial charge on any atom is 0.126 e. The molecule has 0 radical (unpaired) electrons. The Bertz CT molecular complexity index is 588. The molecular formula is C15H19BrFN3S. The second-order valence-electron chi connectivity index (χ2n) is 4.88. The van der Waals surface area contributed by atoms with Gasteiger partial charge in [-0.25, -0.2) is 4.39 Å². The van der Waals surface area contributed by atoms with E-state index in [0.717, 1.165) is 34.4 Å². The second-order valence-corrected chi connectivity index (χ2v) is 6.59. The molecule has 0 saturated carbocycles. The molecule has 1 heterocycles. The number of hydrogen-bond donors (Lipinski definition) is 1. The highest BCUT2D eigenvalue weighted by Crippen LogP contribution is 2.27. The van der Waals surface area contributed by atoms with Crippen LogP contribution in [-0.2, 0) is 12.8 Å². The van der Waals surface area contributed by atoms with Gasteiger partial charge in [-0.2, -0.15) is 0 Å². The van der Waals surface area contributed by atoms with E-state index in [1.165, 1.54) is 17.6 Å². The van der Waals surface area contributed by atoms with Gasteiger partial charge >= 0.3 is 0 Å². The first-order valence-corrected chi connectivity index (χ1v) is 8.70. The van der Waals surface area contributed by atoms with Crippen LogP contribution in [-0.4, -0.2) is 16.1 Å². The van der Waals surface area contributed by atoms with Crippen LogP contribution in [0.15, 0.2) is 22.7 Å². The van der Waals surface area contributed by atoms with E-state index in [0.29, 0.717) is 12.0 Å². The fourth-order valence-electron chi connectivity index (χ4n) is 2.31. The van der Waals surface area contributed by atoms with Gasteiger partial charge in [0.2, 0.25) is 0 Å². The Labute approximate surface area is 137 Å². The van der Waals surface area contributed by atoms with Crippen LogP contribution in [0.2, 0.25) is 0 Å². The first kappa shape index (κ1) is 16.5. The summed E-state index contributed by atoms with van der Waals surface area (Å²) >= 11 is 4.81. The number of halogens is 2. The fourth-order valence-corrected chi connectivity index (χ4v) is 3.49. The summed E-state index contributed by atoms with van der Waals surface area (Å²) in [6, 6.07) is 5.12. The predicted octanol–water partition coefficient (Wildman–Crippen LogP) is 4.29. The molecule has 1 atom stereocenters. The van der Waals surface area contributed by atoms with Gasteiger partial charge in [-0.3, -0.25) is 0 Å². The molecular weight excluding hydrogens is 353 g/mol. The van der Waals surface area contributed by atoms with E-state index in [2.05, 4.69) is 44.7 Å². The van der Waals surface area contributed by atoms with Gasteiger partial charge in [0.1, 0.15) is 5.82 Å². The van der Waals surface area contributed by atoms with Crippen molar-refractivity contribution in [3.8, 4) is 0 Å². The number of aryl methyl sites for hydroxylation is 1. The smallest absolute Gasteiger partial charge is 0.126 e. The molecule has 1 aromatic heterocycles. The van der Waals surface area contributed by atoms with E-state index in [-0.39, 0.29) is 11.9 Å². The Hall–Kier alpha value is -0.850. The zero-order valence-electron chi connectivity index (χ0n) is 12.2. The summed E-state index contributed by atoms with van der Waals surface area (Å²) in [4.78, 5) is 1.12. The van der Waals surface area contributed by atoms with Gasteiger partial charge in [0.25, 0.3) is 0 Å². The molecule has 3 nitrogen and oxygen atoms in total. The van der Waals surface area contributed by atoms with Crippen LogP contribution in [0.25, 0.3) is 0 Å². The average molecular weight is 372 g/mol. The van der Waals surface area contributed by atoms with E-state index in [4.69, 9.17) is 0 Å². The van der Waals surface area contributed by atoms with Gasteiger partial charge in [0, 0.05) is 10.5 Å². The minimum atomic E-state index is -0.171. The molecule has 0 aliphatic rings. The minimum Gasteiger partial charge on any atom is -0.309 e. The molecule has 2 rings (SSSR count). The Morgan fingerprint density at radius 3 is 2.90 bits per heavy atom. The summed E-state index contributed by atoms with van der Waals surface area (Å²) in [5, 5.41) is 7.64. The lowest BCUT2D eigenvalue weighted by Crippen LogP contribution is -2.23. The number of aromatic nitrogens is 2. The first-order chi connectivity index (χ1) is 10.2. The molecule has 0 fully saturated rings. The van der Waals surface area contributed by atoms with Gasteiger partial charge in [0.15, 0.2) is 0 Å². The summed E-state index contributed by atoms with van der Waals surface area (Å²) in [7, 11) is 0. The molecule has 1 unspecified atom stereocenters. The van der Waals surface area contributed by atoms with Crippen molar-refractivity contribution >= 4 is 27.5 Å². The molecule has 1 N–H and O–H groups in total. The third-order valence-corrected chi connectivity index (χ3v) is 4.64. The summed E-state index contributed by atoms with van der Waals surface area (Å²) in [6.07, 6.45) is 2.54. The number of likely N-dealkylation sites (N-methyl/N-ethyl adjacent to an activating group) is 1. The van der Waals surface area contributed by atoms with Crippen LogP contribution < -0.4 is 5.32 Å². The van der Waals surface area contributed by atoms with Crippen molar-refractivity contribution in [1.29, 1.82) is 0 Å². The summed E-state index contributed by atoms with van der Waals surface area (Å²) in [5.41, 5.74) is 1.73. The molecule has 21 heavy (non-hydrogen) atoms. The maximum atomic E-state index is 14.0. The average Bonchev–Trinajstić information content (AvgIpc) is 2.91. The monoisotopic (exact) mass is 371 g/mol. The molecule has 0 bridgehead atoms. The van der Waals surface area contributed by atoms with Crippen molar-refractivity contribution in [3.63, 3.8) is 0 Å². The lowest BCUT2D eigenvalue weighted by atomic mass is 10.0. The van der Waals surface area contributed by atoms with Crippen molar-refractivity contribution in [3.05, 3.63) is 44.6 Å². The van der Waals surface area contributed by atoms with E-state index in [1.54, 1.807) is 6.07 Å². The van der Waals surface area contributed by atoms with Crippen LogP contribution in [0.5, 0.6) is 0 Å². The third kappa shape index (κ3) is 4.31. The number of rotatable bonds is 7. The Morgan fingerprint density at radius 2 is 2.19 bits per heavy atom. The molecule has 0 aliphatic heterocycles. The first-order valence-electron chi connectivity index (χ1n) is 7.14. The fraction of sp³-hybridized carbons (Fsp3) is 0.467. The summed E-state index contributed by atoms with van der Waals surface area (Å²) in [6.45, 7) is 5.00. The Balaban J connectivity index is 2.26. The lowest BCUT2D eigenvalue weighted by Gasteiger charge is -2.17. The van der Waals surface area contributed by atoms with Gasteiger partial charge in [-0.05, 0) is 54.7 Å². The molecule has 0 saturated heterocycles. The largest absolute Gasteiger partial charge is 0.309 e. The lowest BCUT2D eigenvalue weighted by molar-refractivity contribution is 0.529. The highest BCUT2D eigenvalue weighted by atomic mass is 79.9. The van der Waals surface area contributed by atoms with Crippen LogP contribution in [0.1, 0.15) is 42.4 Å². The minimum absolute atomic E-state index is 0.0559. The van der Waals surface area contributed by atoms with Gasteiger partial charge in [0.05, 0.1) is 10.6 Å². The van der Waals surface area contributed by atoms with Crippen molar-refractivity contribution in [1.82, 2.24) is 14.9 Å². The highest BCUT2D eigenvalue weighted by Gasteiger charge is 2.20. The van der Waals surface area contributed by atoms with E-state index >= 15 is 0 Å². The Morgan fingerprint density at radius 1 is 1.38 bits per heavy atom. The van der Waals surface area contributed by atoms with Crippen molar-refractivity contribution in [2.24, 2.45) is 0 Å². The topological polar surface area (TPSA) is 37.8 Å². The van der Waals surface area contributed by atoms with Crippen LogP contribution in [0.4, 0.5) is 4.39 Å². The molecule has 1 aromatic carbocycles. The van der Waals surface area contributed by atoms with E-state index < -0.39 is 0 Å². The zero-order chi connectivity index (χ0) is 15.2. The van der Waals surface area contributed by atoms with Crippen LogP contribution in [0.3, 0.4) is 0 Å². The van der Waals surface area contributed by atoms with E-state index in [9.17, 15) is 4.39 Å². The van der Waals surface area contributed by atoms with Crippen molar-refractivity contribution < 1.29 is 4.39 Å². The number of nitrogens with zero attached hydrogens (tertiary/aromatic N) is 2. The molecule has 6 heteroatoms. The number of nitrogens with one attached hydrogen (secondary N) is 1. The second kappa shape index (κ2) is 7.96. The highest BCUT2D eigenvalue weighted by molar-refractivity contribution is 9.10. The normalized spacial score (nSPS) is 12.6. The standard InChI is InChI=1S/C15H19BrFN3S/c1-3-5-13-15(21-20-19-13)14(18-4-2)9-10-8-11(16)6-7-12(10)17/h6-8,14,18H,3-5,9H2,1-2H3. The quantitative estimate of drug-likeness (QED) is 0.788. The van der Waals surface area contributed by atoms with Crippen molar-refractivity contribution in [2.45, 2.75) is 39.2 Å². The third-order valence-electron chi connectivity index (χ3n) is 3.27. The summed E-state index contributed by atoms with van der Waals surface area (Å²) < 4.78 is 19.0. The predicted molar refractivity (Wildman–Crippen MR) is 88.1 cm³/mol. The van der Waals surface area contributed by atoms with Gasteiger partial charge in [-0.1, -0.05) is 40.7 Å². The molecule has 0 spiro atoms.